The normalized spacial score (nSPS) is 22.7. The molecule has 3 aliphatic rings. The highest BCUT2D eigenvalue weighted by Gasteiger charge is 2.33. The van der Waals surface area contributed by atoms with E-state index in [1.807, 2.05) is 4.90 Å². The lowest BCUT2D eigenvalue weighted by Gasteiger charge is -2.36. The molecule has 0 N–H and O–H groups in total. The van der Waals surface area contributed by atoms with E-state index in [-0.39, 0.29) is 23.5 Å². The molecule has 3 aliphatic heterocycles. The molecule has 3 heterocycles. The highest BCUT2D eigenvalue weighted by atomic mass is 32.2. The van der Waals surface area contributed by atoms with Crippen LogP contribution in [0.25, 0.3) is 0 Å². The number of amides is 1. The molecule has 9 nitrogen and oxygen atoms in total. The van der Waals surface area contributed by atoms with Crippen molar-refractivity contribution in [3.8, 4) is 5.75 Å². The Bertz CT molecular complexity index is 944. The van der Waals surface area contributed by atoms with E-state index in [2.05, 4.69) is 9.80 Å². The van der Waals surface area contributed by atoms with Gasteiger partial charge in [0.25, 0.3) is 0 Å². The van der Waals surface area contributed by atoms with E-state index in [0.717, 1.165) is 58.5 Å². The number of hydrogen-bond acceptors (Lipinski definition) is 7. The molecule has 1 amide bonds. The van der Waals surface area contributed by atoms with E-state index in [1.165, 1.54) is 32.4 Å². The van der Waals surface area contributed by atoms with Crippen molar-refractivity contribution in [3.05, 3.63) is 24.3 Å². The number of carbonyl (C=O) groups excluding carboxylic acids is 1. The molecular formula is C27H44N4O5S. The lowest BCUT2D eigenvalue weighted by molar-refractivity contribution is -0.138. The van der Waals surface area contributed by atoms with Crippen LogP contribution in [0.3, 0.4) is 0 Å². The third kappa shape index (κ3) is 7.89. The van der Waals surface area contributed by atoms with Gasteiger partial charge in [0.2, 0.25) is 15.9 Å². The fourth-order valence-corrected chi connectivity index (χ4v) is 7.34. The minimum absolute atomic E-state index is 0.0297. The number of piperazine rings is 1. The Kier molecular flexibility index (Phi) is 10.6. The van der Waals surface area contributed by atoms with Crippen LogP contribution in [0.2, 0.25) is 0 Å². The third-order valence-corrected chi connectivity index (χ3v) is 9.93. The van der Waals surface area contributed by atoms with Crippen LogP contribution in [0.5, 0.6) is 5.75 Å². The summed E-state index contributed by atoms with van der Waals surface area (Å²) in [4.78, 5) is 19.9. The maximum atomic E-state index is 13.3. The minimum Gasteiger partial charge on any atom is -0.497 e. The average Bonchev–Trinajstić information content (AvgIpc) is 2.95. The number of sulfonamides is 1. The zero-order valence-electron chi connectivity index (χ0n) is 22.4. The van der Waals surface area contributed by atoms with Crippen LogP contribution < -0.4 is 4.74 Å². The summed E-state index contributed by atoms with van der Waals surface area (Å²) in [6.45, 7) is 8.94. The number of hydrogen-bond donors (Lipinski definition) is 0. The second-order valence-electron chi connectivity index (χ2n) is 10.4. The van der Waals surface area contributed by atoms with Gasteiger partial charge >= 0.3 is 0 Å². The molecule has 1 unspecified atom stereocenters. The van der Waals surface area contributed by atoms with Crippen molar-refractivity contribution in [1.82, 2.24) is 19.0 Å². The van der Waals surface area contributed by atoms with Gasteiger partial charge in [-0.05, 0) is 69.5 Å². The van der Waals surface area contributed by atoms with Gasteiger partial charge in [-0.25, -0.2) is 8.42 Å². The van der Waals surface area contributed by atoms with E-state index < -0.39 is 10.0 Å². The summed E-state index contributed by atoms with van der Waals surface area (Å²) in [7, 11) is -2.02. The number of rotatable bonds is 11. The molecule has 1 aromatic carbocycles. The van der Waals surface area contributed by atoms with Gasteiger partial charge in [0, 0.05) is 58.5 Å². The molecule has 1 atom stereocenters. The molecule has 0 bridgehead atoms. The molecule has 10 heteroatoms. The summed E-state index contributed by atoms with van der Waals surface area (Å²) < 4.78 is 39.1. The van der Waals surface area contributed by atoms with Gasteiger partial charge < -0.3 is 19.3 Å². The van der Waals surface area contributed by atoms with Gasteiger partial charge in [-0.2, -0.15) is 4.31 Å². The fraction of sp³-hybridized carbons (Fsp3) is 0.741. The highest BCUT2D eigenvalue weighted by molar-refractivity contribution is 7.89. The lowest BCUT2D eigenvalue weighted by atomic mass is 10.0. The Labute approximate surface area is 222 Å². The number of benzene rings is 1. The SMILES string of the molecule is COc1ccc(S(=O)(=O)N2CCCCC2CCOCC(=O)N2CCN(CCN3CCCCC3)CC2)cc1. The summed E-state index contributed by atoms with van der Waals surface area (Å²) in [6, 6.07) is 6.44. The summed E-state index contributed by atoms with van der Waals surface area (Å²) in [5.74, 6) is 0.660. The fourth-order valence-electron chi connectivity index (χ4n) is 5.62. The summed E-state index contributed by atoms with van der Waals surface area (Å²) in [6.07, 6.45) is 7.26. The van der Waals surface area contributed by atoms with E-state index in [9.17, 15) is 13.2 Å². The van der Waals surface area contributed by atoms with Crippen molar-refractivity contribution in [3.63, 3.8) is 0 Å². The predicted octanol–water partition coefficient (Wildman–Crippen LogP) is 2.28. The van der Waals surface area contributed by atoms with Crippen LogP contribution in [0, 0.1) is 0 Å². The molecule has 0 aromatic heterocycles. The maximum absolute atomic E-state index is 13.3. The summed E-state index contributed by atoms with van der Waals surface area (Å²) in [5, 5.41) is 0. The van der Waals surface area contributed by atoms with Crippen LogP contribution in [-0.2, 0) is 19.6 Å². The lowest BCUT2D eigenvalue weighted by Crippen LogP contribution is -2.51. The molecule has 37 heavy (non-hydrogen) atoms. The largest absolute Gasteiger partial charge is 0.497 e. The smallest absolute Gasteiger partial charge is 0.248 e. The van der Waals surface area contributed by atoms with Crippen molar-refractivity contribution in [2.75, 3.05) is 79.2 Å². The Morgan fingerprint density at radius 3 is 2.19 bits per heavy atom. The Hall–Kier alpha value is -1.72. The van der Waals surface area contributed by atoms with Gasteiger partial charge in [-0.15, -0.1) is 0 Å². The number of likely N-dealkylation sites (tertiary alicyclic amines) is 1. The van der Waals surface area contributed by atoms with Crippen molar-refractivity contribution < 1.29 is 22.7 Å². The number of carbonyl (C=O) groups is 1. The molecule has 3 fully saturated rings. The van der Waals surface area contributed by atoms with Gasteiger partial charge in [0.05, 0.1) is 12.0 Å². The van der Waals surface area contributed by atoms with Crippen molar-refractivity contribution in [2.45, 2.75) is 55.9 Å². The second kappa shape index (κ2) is 13.9. The van der Waals surface area contributed by atoms with Gasteiger partial charge in [-0.1, -0.05) is 12.8 Å². The number of nitrogens with zero attached hydrogens (tertiary/aromatic N) is 4. The van der Waals surface area contributed by atoms with Gasteiger partial charge in [0.1, 0.15) is 12.4 Å². The zero-order chi connectivity index (χ0) is 26.1. The van der Waals surface area contributed by atoms with Crippen LogP contribution in [-0.4, -0.2) is 119 Å². The number of ether oxygens (including phenoxy) is 2. The molecular weight excluding hydrogens is 492 g/mol. The third-order valence-electron chi connectivity index (χ3n) is 7.97. The van der Waals surface area contributed by atoms with Crippen LogP contribution in [0.4, 0.5) is 0 Å². The van der Waals surface area contributed by atoms with Crippen molar-refractivity contribution in [2.24, 2.45) is 0 Å². The van der Waals surface area contributed by atoms with E-state index in [0.29, 0.717) is 25.3 Å². The van der Waals surface area contributed by atoms with Crippen LogP contribution in [0.1, 0.15) is 44.9 Å². The molecule has 0 saturated carbocycles. The van der Waals surface area contributed by atoms with Crippen molar-refractivity contribution in [1.29, 1.82) is 0 Å². The molecule has 0 spiro atoms. The predicted molar refractivity (Wildman–Crippen MR) is 143 cm³/mol. The first-order chi connectivity index (χ1) is 18.0. The second-order valence-corrected chi connectivity index (χ2v) is 12.3. The zero-order valence-corrected chi connectivity index (χ0v) is 23.2. The van der Waals surface area contributed by atoms with E-state index in [4.69, 9.17) is 9.47 Å². The topological polar surface area (TPSA) is 82.6 Å². The quantitative estimate of drug-likeness (QED) is 0.401. The maximum Gasteiger partial charge on any atom is 0.248 e. The molecule has 3 saturated heterocycles. The monoisotopic (exact) mass is 536 g/mol. The van der Waals surface area contributed by atoms with Crippen molar-refractivity contribution >= 4 is 15.9 Å². The Morgan fingerprint density at radius 2 is 1.51 bits per heavy atom. The molecule has 4 rings (SSSR count). The Morgan fingerprint density at radius 1 is 0.865 bits per heavy atom. The van der Waals surface area contributed by atoms with Crippen LogP contribution in [0.15, 0.2) is 29.2 Å². The molecule has 208 valence electrons. The summed E-state index contributed by atoms with van der Waals surface area (Å²) >= 11 is 0. The van der Waals surface area contributed by atoms with E-state index in [1.54, 1.807) is 35.7 Å². The average molecular weight is 537 g/mol. The van der Waals surface area contributed by atoms with E-state index >= 15 is 0 Å². The first-order valence-electron chi connectivity index (χ1n) is 13.9. The standard InChI is InChI=1S/C27H44N4O5S/c1-35-25-8-10-26(11-9-25)37(33,34)31-15-6-3-7-24(31)12-22-36-23-27(32)30-20-18-29(19-21-30)17-16-28-13-4-2-5-14-28/h8-11,24H,2-7,12-23H2,1H3. The number of methoxy groups -OCH3 is 1. The first kappa shape index (κ1) is 28.3. The van der Waals surface area contributed by atoms with Gasteiger partial charge in [-0.3, -0.25) is 9.69 Å². The Balaban J connectivity index is 1.17. The van der Waals surface area contributed by atoms with Crippen LogP contribution >= 0.6 is 0 Å². The molecule has 0 aliphatic carbocycles. The summed E-state index contributed by atoms with van der Waals surface area (Å²) in [5.41, 5.74) is 0. The van der Waals surface area contributed by atoms with Gasteiger partial charge in [0.15, 0.2) is 0 Å². The first-order valence-corrected chi connectivity index (χ1v) is 15.4. The molecule has 1 aromatic rings. The minimum atomic E-state index is -3.58. The molecule has 0 radical (unpaired) electrons. The highest BCUT2D eigenvalue weighted by Crippen LogP contribution is 2.28. The number of piperidine rings is 2.